The number of hydrogen-bond donors (Lipinski definition) is 1. The second-order valence-electron chi connectivity index (χ2n) is 8.06. The quantitative estimate of drug-likeness (QED) is 0.598. The number of rotatable bonds is 6. The van der Waals surface area contributed by atoms with Crippen LogP contribution < -0.4 is 5.56 Å². The van der Waals surface area contributed by atoms with Crippen LogP contribution in [0.5, 0.6) is 0 Å². The van der Waals surface area contributed by atoms with E-state index in [4.69, 9.17) is 16.3 Å². The summed E-state index contributed by atoms with van der Waals surface area (Å²) in [5.41, 5.74) is 2.93. The van der Waals surface area contributed by atoms with Gasteiger partial charge < -0.3 is 9.72 Å². The predicted octanol–water partition coefficient (Wildman–Crippen LogP) is 4.17. The number of H-pyrrole nitrogens is 1. The molecule has 0 amide bonds. The molecule has 1 unspecified atom stereocenters. The first kappa shape index (κ1) is 22.0. The molecule has 1 aromatic heterocycles. The van der Waals surface area contributed by atoms with E-state index in [0.717, 1.165) is 34.9 Å². The van der Waals surface area contributed by atoms with Gasteiger partial charge in [0.05, 0.1) is 16.5 Å². The lowest BCUT2D eigenvalue weighted by molar-refractivity contribution is 0.0925. The van der Waals surface area contributed by atoms with Gasteiger partial charge in [-0.15, -0.1) is 0 Å². The summed E-state index contributed by atoms with van der Waals surface area (Å²) in [6.07, 6.45) is 1.50. The van der Waals surface area contributed by atoms with E-state index in [1.807, 2.05) is 26.0 Å². The number of benzene rings is 2. The van der Waals surface area contributed by atoms with Crippen molar-refractivity contribution < 1.29 is 13.2 Å². The van der Waals surface area contributed by atoms with Crippen molar-refractivity contribution >= 4 is 32.5 Å². The maximum absolute atomic E-state index is 13.4. The number of aryl methyl sites for hydroxylation is 2. The topological polar surface area (TPSA) is 79.5 Å². The summed E-state index contributed by atoms with van der Waals surface area (Å²) >= 11 is 5.94. The number of ether oxygens (including phenoxy) is 1. The summed E-state index contributed by atoms with van der Waals surface area (Å²) in [7, 11) is -3.85. The van der Waals surface area contributed by atoms with Gasteiger partial charge in [0.25, 0.3) is 5.56 Å². The number of hydrogen-bond acceptors (Lipinski definition) is 4. The van der Waals surface area contributed by atoms with E-state index in [2.05, 4.69) is 4.98 Å². The fourth-order valence-corrected chi connectivity index (χ4v) is 5.63. The molecule has 1 atom stereocenters. The fourth-order valence-electron chi connectivity index (χ4n) is 4.06. The molecule has 1 N–H and O–H groups in total. The summed E-state index contributed by atoms with van der Waals surface area (Å²) in [4.78, 5) is 15.9. The molecule has 2 aromatic carbocycles. The standard InChI is InChI=1S/C23H25ClN2O4S/c1-15-10-16(2)22-17(11-15)12-18(23(27)25-22)13-26(14-20-4-3-9-30-20)31(28,29)21-7-5-19(24)6-8-21/h5-8,10-12,20H,3-4,9,13-14H2,1-2H3,(H,25,27). The zero-order chi connectivity index (χ0) is 22.2. The van der Waals surface area contributed by atoms with Crippen LogP contribution in [0.15, 0.2) is 52.2 Å². The maximum Gasteiger partial charge on any atom is 0.252 e. The molecule has 0 aliphatic carbocycles. The monoisotopic (exact) mass is 460 g/mol. The second kappa shape index (κ2) is 8.74. The molecular formula is C23H25ClN2O4S. The zero-order valence-electron chi connectivity index (χ0n) is 17.5. The van der Waals surface area contributed by atoms with Crippen LogP contribution in [0.25, 0.3) is 10.9 Å². The van der Waals surface area contributed by atoms with Gasteiger partial charge in [0.2, 0.25) is 10.0 Å². The summed E-state index contributed by atoms with van der Waals surface area (Å²) in [6, 6.07) is 11.8. The lowest BCUT2D eigenvalue weighted by atomic mass is 10.1. The average molecular weight is 461 g/mol. The summed E-state index contributed by atoms with van der Waals surface area (Å²) in [6.45, 7) is 4.71. The molecule has 1 saturated heterocycles. The third-order valence-electron chi connectivity index (χ3n) is 5.60. The van der Waals surface area contributed by atoms with Crippen molar-refractivity contribution in [3.8, 4) is 0 Å². The van der Waals surface area contributed by atoms with Gasteiger partial charge in [-0.1, -0.05) is 23.2 Å². The molecule has 0 saturated carbocycles. The third kappa shape index (κ3) is 4.70. The molecule has 164 valence electrons. The van der Waals surface area contributed by atoms with E-state index in [1.165, 1.54) is 16.4 Å². The van der Waals surface area contributed by atoms with Crippen LogP contribution in [0.3, 0.4) is 0 Å². The van der Waals surface area contributed by atoms with Gasteiger partial charge in [-0.05, 0) is 74.0 Å². The molecule has 0 radical (unpaired) electrons. The first-order valence-corrected chi connectivity index (χ1v) is 12.1. The lowest BCUT2D eigenvalue weighted by Crippen LogP contribution is -2.38. The summed E-state index contributed by atoms with van der Waals surface area (Å²) < 4.78 is 33.9. The number of nitrogens with one attached hydrogen (secondary N) is 1. The Bertz CT molecular complexity index is 1260. The highest BCUT2D eigenvalue weighted by Crippen LogP contribution is 2.24. The molecule has 3 aromatic rings. The molecule has 4 rings (SSSR count). The fraction of sp³-hybridized carbons (Fsp3) is 0.348. The van der Waals surface area contributed by atoms with Gasteiger partial charge in [0, 0.05) is 30.3 Å². The zero-order valence-corrected chi connectivity index (χ0v) is 19.1. The van der Waals surface area contributed by atoms with Crippen molar-refractivity contribution in [3.05, 3.63) is 74.5 Å². The molecule has 8 heteroatoms. The van der Waals surface area contributed by atoms with E-state index in [1.54, 1.807) is 18.2 Å². The smallest absolute Gasteiger partial charge is 0.252 e. The van der Waals surface area contributed by atoms with Crippen molar-refractivity contribution in [2.75, 3.05) is 13.2 Å². The van der Waals surface area contributed by atoms with E-state index in [9.17, 15) is 13.2 Å². The molecule has 1 aliphatic rings. The molecule has 1 aliphatic heterocycles. The highest BCUT2D eigenvalue weighted by atomic mass is 35.5. The molecule has 0 spiro atoms. The number of sulfonamides is 1. The van der Waals surface area contributed by atoms with E-state index in [0.29, 0.717) is 17.2 Å². The lowest BCUT2D eigenvalue weighted by Gasteiger charge is -2.25. The minimum atomic E-state index is -3.85. The van der Waals surface area contributed by atoms with Crippen LogP contribution in [-0.2, 0) is 21.3 Å². The van der Waals surface area contributed by atoms with Gasteiger partial charge >= 0.3 is 0 Å². The highest BCUT2D eigenvalue weighted by Gasteiger charge is 2.30. The molecule has 2 heterocycles. The van der Waals surface area contributed by atoms with Crippen molar-refractivity contribution in [1.29, 1.82) is 0 Å². The Labute approximate surface area is 186 Å². The Morgan fingerprint density at radius 2 is 1.90 bits per heavy atom. The predicted molar refractivity (Wildman–Crippen MR) is 122 cm³/mol. The highest BCUT2D eigenvalue weighted by molar-refractivity contribution is 7.89. The number of fused-ring (bicyclic) bond motifs is 1. The average Bonchev–Trinajstić information content (AvgIpc) is 3.22. The van der Waals surface area contributed by atoms with Crippen LogP contribution in [0.4, 0.5) is 0 Å². The van der Waals surface area contributed by atoms with Crippen LogP contribution in [0.1, 0.15) is 29.5 Å². The SMILES string of the molecule is Cc1cc(C)c2[nH]c(=O)c(CN(CC3CCCO3)S(=O)(=O)c3ccc(Cl)cc3)cc2c1. The second-order valence-corrected chi connectivity index (χ2v) is 10.4. The van der Waals surface area contributed by atoms with E-state index in [-0.39, 0.29) is 29.6 Å². The van der Waals surface area contributed by atoms with Gasteiger partial charge in [-0.25, -0.2) is 8.42 Å². The summed E-state index contributed by atoms with van der Waals surface area (Å²) in [5.74, 6) is 0. The number of aromatic amines is 1. The molecular weight excluding hydrogens is 436 g/mol. The molecule has 31 heavy (non-hydrogen) atoms. The van der Waals surface area contributed by atoms with Gasteiger partial charge in [-0.3, -0.25) is 4.79 Å². The number of pyridine rings is 1. The number of halogens is 1. The maximum atomic E-state index is 13.4. The Morgan fingerprint density at radius 1 is 1.16 bits per heavy atom. The van der Waals surface area contributed by atoms with Gasteiger partial charge in [-0.2, -0.15) is 4.31 Å². The Kier molecular flexibility index (Phi) is 6.21. The van der Waals surface area contributed by atoms with Gasteiger partial charge in [0.1, 0.15) is 0 Å². The largest absolute Gasteiger partial charge is 0.377 e. The van der Waals surface area contributed by atoms with E-state index < -0.39 is 10.0 Å². The van der Waals surface area contributed by atoms with Crippen molar-refractivity contribution in [3.63, 3.8) is 0 Å². The van der Waals surface area contributed by atoms with Crippen LogP contribution in [-0.4, -0.2) is 37.0 Å². The van der Waals surface area contributed by atoms with Crippen LogP contribution >= 0.6 is 11.6 Å². The molecule has 0 bridgehead atoms. The minimum absolute atomic E-state index is 0.0386. The Hall–Kier alpha value is -2.19. The minimum Gasteiger partial charge on any atom is -0.377 e. The Morgan fingerprint density at radius 3 is 2.58 bits per heavy atom. The van der Waals surface area contributed by atoms with Crippen molar-refractivity contribution in [2.24, 2.45) is 0 Å². The molecule has 6 nitrogen and oxygen atoms in total. The Balaban J connectivity index is 1.74. The normalized spacial score (nSPS) is 17.0. The summed E-state index contributed by atoms with van der Waals surface area (Å²) in [5, 5.41) is 1.34. The van der Waals surface area contributed by atoms with Crippen LogP contribution in [0, 0.1) is 13.8 Å². The van der Waals surface area contributed by atoms with E-state index >= 15 is 0 Å². The first-order valence-electron chi connectivity index (χ1n) is 10.2. The van der Waals surface area contributed by atoms with Gasteiger partial charge in [0.15, 0.2) is 0 Å². The van der Waals surface area contributed by atoms with Crippen molar-refractivity contribution in [2.45, 2.75) is 44.2 Å². The molecule has 1 fully saturated rings. The van der Waals surface area contributed by atoms with Crippen LogP contribution in [0.2, 0.25) is 5.02 Å². The number of nitrogens with zero attached hydrogens (tertiary/aromatic N) is 1. The first-order chi connectivity index (χ1) is 14.7. The number of aromatic nitrogens is 1. The third-order valence-corrected chi connectivity index (χ3v) is 7.68. The van der Waals surface area contributed by atoms with Crippen molar-refractivity contribution in [1.82, 2.24) is 9.29 Å².